The molecule has 0 aromatic heterocycles. The summed E-state index contributed by atoms with van der Waals surface area (Å²) in [6, 6.07) is -0.537. The zero-order chi connectivity index (χ0) is 9.84. The molecule has 13 heavy (non-hydrogen) atoms. The maximum Gasteiger partial charge on any atom is 0.249 e. The van der Waals surface area contributed by atoms with E-state index in [1.165, 1.54) is 0 Å². The average molecular weight is 184 g/mol. The fourth-order valence-corrected chi connectivity index (χ4v) is 1.13. The lowest BCUT2D eigenvalue weighted by atomic mass is 10.1. The zero-order valence-electron chi connectivity index (χ0n) is 7.42. The molecule has 0 aromatic rings. The number of rotatable bonds is 2. The summed E-state index contributed by atoms with van der Waals surface area (Å²) in [4.78, 5) is 32.8. The maximum atomic E-state index is 11.1. The van der Waals surface area contributed by atoms with Gasteiger partial charge in [-0.2, -0.15) is 0 Å². The number of hydrogen-bond acceptors (Lipinski definition) is 3. The van der Waals surface area contributed by atoms with Crippen molar-refractivity contribution in [2.75, 3.05) is 0 Å². The van der Waals surface area contributed by atoms with Crippen LogP contribution in [-0.4, -0.2) is 23.8 Å². The molecule has 1 rings (SSSR count). The molecule has 1 aliphatic heterocycles. The summed E-state index contributed by atoms with van der Waals surface area (Å²) in [5.74, 6) is -0.848. The van der Waals surface area contributed by atoms with E-state index in [0.717, 1.165) is 0 Å². The molecule has 0 aromatic carbocycles. The van der Waals surface area contributed by atoms with Crippen molar-refractivity contribution in [3.63, 3.8) is 0 Å². The lowest BCUT2D eigenvalue weighted by molar-refractivity contribution is -0.137. The predicted molar refractivity (Wildman–Crippen MR) is 44.6 cm³/mol. The molecule has 0 bridgehead atoms. The van der Waals surface area contributed by atoms with Gasteiger partial charge in [0.1, 0.15) is 6.04 Å². The fraction of sp³-hybridized carbons (Fsp3) is 0.625. The Balaban J connectivity index is 2.47. The van der Waals surface area contributed by atoms with Gasteiger partial charge < -0.3 is 5.32 Å². The highest BCUT2D eigenvalue weighted by Crippen LogP contribution is 2.04. The number of amides is 3. The van der Waals surface area contributed by atoms with Crippen LogP contribution < -0.4 is 10.6 Å². The van der Waals surface area contributed by atoms with E-state index in [2.05, 4.69) is 10.6 Å². The first kappa shape index (κ1) is 9.70. The third-order valence-electron chi connectivity index (χ3n) is 1.90. The Morgan fingerprint density at radius 2 is 2.31 bits per heavy atom. The van der Waals surface area contributed by atoms with Gasteiger partial charge >= 0.3 is 0 Å². The zero-order valence-corrected chi connectivity index (χ0v) is 7.42. The molecule has 1 aliphatic rings. The van der Waals surface area contributed by atoms with Crippen molar-refractivity contribution in [3.8, 4) is 0 Å². The van der Waals surface area contributed by atoms with Gasteiger partial charge in [-0.15, -0.1) is 0 Å². The Kier molecular flexibility index (Phi) is 3.00. The van der Waals surface area contributed by atoms with Crippen LogP contribution in [0.15, 0.2) is 0 Å². The second kappa shape index (κ2) is 4.02. The summed E-state index contributed by atoms with van der Waals surface area (Å²) < 4.78 is 0. The van der Waals surface area contributed by atoms with Crippen LogP contribution >= 0.6 is 0 Å². The maximum absolute atomic E-state index is 11.1. The summed E-state index contributed by atoms with van der Waals surface area (Å²) >= 11 is 0. The highest BCUT2D eigenvalue weighted by molar-refractivity contribution is 6.01. The SMILES string of the molecule is CCC(=O)NC1CCC(=O)NC1=O. The Morgan fingerprint density at radius 3 is 2.85 bits per heavy atom. The molecule has 0 spiro atoms. The molecule has 5 nitrogen and oxygen atoms in total. The van der Waals surface area contributed by atoms with E-state index in [9.17, 15) is 14.4 Å². The predicted octanol–water partition coefficient (Wildman–Crippen LogP) is -0.682. The van der Waals surface area contributed by atoms with Gasteiger partial charge in [-0.1, -0.05) is 6.92 Å². The molecule has 0 aliphatic carbocycles. The van der Waals surface area contributed by atoms with Crippen molar-refractivity contribution in [3.05, 3.63) is 0 Å². The van der Waals surface area contributed by atoms with Gasteiger partial charge in [-0.3, -0.25) is 19.7 Å². The van der Waals surface area contributed by atoms with E-state index in [4.69, 9.17) is 0 Å². The Labute approximate surface area is 75.9 Å². The molecular weight excluding hydrogens is 172 g/mol. The summed E-state index contributed by atoms with van der Waals surface area (Å²) in [6.07, 6.45) is 1.04. The summed E-state index contributed by atoms with van der Waals surface area (Å²) in [5, 5.41) is 4.70. The van der Waals surface area contributed by atoms with Gasteiger partial charge in [0.25, 0.3) is 0 Å². The van der Waals surface area contributed by atoms with Crippen molar-refractivity contribution in [2.45, 2.75) is 32.2 Å². The number of hydrogen-bond donors (Lipinski definition) is 2. The third kappa shape index (κ3) is 2.54. The molecule has 0 radical (unpaired) electrons. The third-order valence-corrected chi connectivity index (χ3v) is 1.90. The topological polar surface area (TPSA) is 75.3 Å². The lowest BCUT2D eigenvalue weighted by Gasteiger charge is -2.21. The first-order valence-corrected chi connectivity index (χ1v) is 4.26. The van der Waals surface area contributed by atoms with Gasteiger partial charge in [0, 0.05) is 12.8 Å². The van der Waals surface area contributed by atoms with Crippen molar-refractivity contribution in [2.24, 2.45) is 0 Å². The quantitative estimate of drug-likeness (QED) is 0.558. The fourth-order valence-electron chi connectivity index (χ4n) is 1.13. The Bertz CT molecular complexity index is 250. The molecule has 1 heterocycles. The van der Waals surface area contributed by atoms with Crippen LogP contribution in [0.25, 0.3) is 0 Å². The number of imide groups is 1. The summed E-state index contributed by atoms with van der Waals surface area (Å²) in [7, 11) is 0. The van der Waals surface area contributed by atoms with E-state index < -0.39 is 11.9 Å². The highest BCUT2D eigenvalue weighted by atomic mass is 16.2. The minimum atomic E-state index is -0.537. The normalized spacial score (nSPS) is 22.4. The van der Waals surface area contributed by atoms with Gasteiger partial charge in [-0.05, 0) is 6.42 Å². The molecule has 0 saturated carbocycles. The summed E-state index contributed by atoms with van der Waals surface area (Å²) in [5.41, 5.74) is 0. The van der Waals surface area contributed by atoms with Crippen molar-refractivity contribution in [1.82, 2.24) is 10.6 Å². The van der Waals surface area contributed by atoms with E-state index in [1.54, 1.807) is 6.92 Å². The van der Waals surface area contributed by atoms with Crippen LogP contribution in [0.5, 0.6) is 0 Å². The molecular formula is C8H12N2O3. The van der Waals surface area contributed by atoms with Gasteiger partial charge in [0.2, 0.25) is 17.7 Å². The van der Waals surface area contributed by atoms with Crippen LogP contribution in [0.4, 0.5) is 0 Å². The van der Waals surface area contributed by atoms with E-state index in [-0.39, 0.29) is 11.8 Å². The monoisotopic (exact) mass is 184 g/mol. The molecule has 5 heteroatoms. The molecule has 1 unspecified atom stereocenters. The largest absolute Gasteiger partial charge is 0.344 e. The molecule has 1 atom stereocenters. The number of carbonyl (C=O) groups is 3. The van der Waals surface area contributed by atoms with E-state index in [1.807, 2.05) is 0 Å². The highest BCUT2D eigenvalue weighted by Gasteiger charge is 2.27. The van der Waals surface area contributed by atoms with Crippen LogP contribution in [0.3, 0.4) is 0 Å². The van der Waals surface area contributed by atoms with E-state index in [0.29, 0.717) is 19.3 Å². The average Bonchev–Trinajstić information content (AvgIpc) is 2.09. The number of carbonyl (C=O) groups excluding carboxylic acids is 3. The van der Waals surface area contributed by atoms with Crippen LogP contribution in [-0.2, 0) is 14.4 Å². The van der Waals surface area contributed by atoms with Gasteiger partial charge in [0.15, 0.2) is 0 Å². The van der Waals surface area contributed by atoms with Gasteiger partial charge in [0.05, 0.1) is 0 Å². The standard InChI is InChI=1S/C8H12N2O3/c1-2-6(11)9-5-3-4-7(12)10-8(5)13/h5H,2-4H2,1H3,(H,9,11)(H,10,12,13). The summed E-state index contributed by atoms with van der Waals surface area (Å²) in [6.45, 7) is 1.71. The lowest BCUT2D eigenvalue weighted by Crippen LogP contribution is -2.52. The second-order valence-corrected chi connectivity index (χ2v) is 2.92. The number of nitrogens with one attached hydrogen (secondary N) is 2. The first-order valence-electron chi connectivity index (χ1n) is 4.26. The minimum absolute atomic E-state index is 0.172. The molecule has 2 N–H and O–H groups in total. The van der Waals surface area contributed by atoms with Gasteiger partial charge in [-0.25, -0.2) is 0 Å². The molecule has 3 amide bonds. The van der Waals surface area contributed by atoms with Crippen LogP contribution in [0.1, 0.15) is 26.2 Å². The Morgan fingerprint density at radius 1 is 1.62 bits per heavy atom. The smallest absolute Gasteiger partial charge is 0.249 e. The second-order valence-electron chi connectivity index (χ2n) is 2.92. The molecule has 1 fully saturated rings. The molecule has 72 valence electrons. The molecule has 1 saturated heterocycles. The van der Waals surface area contributed by atoms with E-state index >= 15 is 0 Å². The van der Waals surface area contributed by atoms with Crippen molar-refractivity contribution in [1.29, 1.82) is 0 Å². The van der Waals surface area contributed by atoms with Crippen LogP contribution in [0.2, 0.25) is 0 Å². The van der Waals surface area contributed by atoms with Crippen LogP contribution in [0, 0.1) is 0 Å². The first-order chi connectivity index (χ1) is 6.13. The van der Waals surface area contributed by atoms with Crippen molar-refractivity contribution < 1.29 is 14.4 Å². The van der Waals surface area contributed by atoms with Crippen molar-refractivity contribution >= 4 is 17.7 Å². The number of piperidine rings is 1. The Hall–Kier alpha value is -1.39. The minimum Gasteiger partial charge on any atom is -0.344 e.